The summed E-state index contributed by atoms with van der Waals surface area (Å²) in [6.45, 7) is 0.818. The van der Waals surface area contributed by atoms with Gasteiger partial charge in [-0.1, -0.05) is 66.7 Å². The summed E-state index contributed by atoms with van der Waals surface area (Å²) in [6.07, 6.45) is 1.88. The van der Waals surface area contributed by atoms with Gasteiger partial charge in [0, 0.05) is 46.2 Å². The molecular formula is C39H27N5. The summed E-state index contributed by atoms with van der Waals surface area (Å²) < 4.78 is 4.77. The molecule has 0 spiro atoms. The molecule has 44 heavy (non-hydrogen) atoms. The third-order valence-corrected chi connectivity index (χ3v) is 9.42. The molecule has 0 amide bonds. The van der Waals surface area contributed by atoms with E-state index in [0.29, 0.717) is 0 Å². The number of pyridine rings is 1. The number of fused-ring (bicyclic) bond motifs is 4. The molecule has 3 aromatic heterocycles. The van der Waals surface area contributed by atoms with E-state index in [1.165, 1.54) is 71.4 Å². The lowest BCUT2D eigenvalue weighted by Gasteiger charge is -2.20. The number of benzene rings is 6. The van der Waals surface area contributed by atoms with Crippen LogP contribution in [0.3, 0.4) is 0 Å². The third kappa shape index (κ3) is 3.10. The molecule has 5 heteroatoms. The zero-order chi connectivity index (χ0) is 28.9. The molecule has 0 saturated carbocycles. The molecule has 4 heterocycles. The van der Waals surface area contributed by atoms with Crippen molar-refractivity contribution in [2.24, 2.45) is 0 Å². The maximum atomic E-state index is 4.80. The van der Waals surface area contributed by atoms with E-state index in [-0.39, 0.29) is 0 Å². The monoisotopic (exact) mass is 565 g/mol. The van der Waals surface area contributed by atoms with Gasteiger partial charge in [0.1, 0.15) is 5.82 Å². The quantitative estimate of drug-likeness (QED) is 0.200. The van der Waals surface area contributed by atoms with Gasteiger partial charge in [0.15, 0.2) is 0 Å². The van der Waals surface area contributed by atoms with Gasteiger partial charge in [0.25, 0.3) is 0 Å². The highest BCUT2D eigenvalue weighted by Crippen LogP contribution is 2.44. The Morgan fingerprint density at radius 2 is 1.27 bits per heavy atom. The van der Waals surface area contributed by atoms with Gasteiger partial charge in [0.05, 0.1) is 40.1 Å². The first kappa shape index (κ1) is 23.7. The summed E-state index contributed by atoms with van der Waals surface area (Å²) >= 11 is 0. The second-order valence-electron chi connectivity index (χ2n) is 11.8. The van der Waals surface area contributed by atoms with E-state index in [4.69, 9.17) is 4.98 Å². The number of hydrogen-bond donors (Lipinski definition) is 0. The average molecular weight is 566 g/mol. The fourth-order valence-corrected chi connectivity index (χ4v) is 7.55. The standard InChI is InChI=1S/C39H27N5/c1-41-24-42(33-13-5-4-12-32(33)41)27-18-19-30-29-10-2-3-11-31(29)43(35(30)22-27)28-21-26-17-16-25-9-8-14-34-38(25)39(26)36(23-28)44(34)37-15-6-7-20-40-37/h2-23H,24H2,1H3. The van der Waals surface area contributed by atoms with Crippen LogP contribution >= 0.6 is 0 Å². The third-order valence-electron chi connectivity index (χ3n) is 9.42. The molecular weight excluding hydrogens is 538 g/mol. The van der Waals surface area contributed by atoms with Crippen LogP contribution in [-0.2, 0) is 0 Å². The number of para-hydroxylation sites is 3. The molecule has 9 aromatic rings. The summed E-state index contributed by atoms with van der Waals surface area (Å²) in [5.41, 5.74) is 9.57. The summed E-state index contributed by atoms with van der Waals surface area (Å²) in [5, 5.41) is 7.56. The Kier molecular flexibility index (Phi) is 4.64. The molecule has 0 saturated heterocycles. The Bertz CT molecular complexity index is 2560. The van der Waals surface area contributed by atoms with E-state index < -0.39 is 0 Å². The van der Waals surface area contributed by atoms with Crippen LogP contribution in [0.25, 0.3) is 65.9 Å². The van der Waals surface area contributed by atoms with E-state index in [9.17, 15) is 0 Å². The van der Waals surface area contributed by atoms with Crippen molar-refractivity contribution in [2.75, 3.05) is 23.5 Å². The largest absolute Gasteiger partial charge is 0.355 e. The first-order chi connectivity index (χ1) is 21.7. The first-order valence-corrected chi connectivity index (χ1v) is 15.1. The molecule has 10 rings (SSSR count). The van der Waals surface area contributed by atoms with Crippen molar-refractivity contribution in [3.05, 3.63) is 134 Å². The normalized spacial score (nSPS) is 13.4. The Morgan fingerprint density at radius 1 is 0.523 bits per heavy atom. The lowest BCUT2D eigenvalue weighted by atomic mass is 10.0. The van der Waals surface area contributed by atoms with Gasteiger partial charge in [-0.2, -0.15) is 0 Å². The number of anilines is 3. The number of aromatic nitrogens is 3. The second-order valence-corrected chi connectivity index (χ2v) is 11.8. The Labute approximate surface area is 253 Å². The van der Waals surface area contributed by atoms with Crippen LogP contribution in [0.5, 0.6) is 0 Å². The molecule has 0 atom stereocenters. The SMILES string of the molecule is CN1CN(c2ccc3c4ccccc4n(-c4cc5ccc6cccc7c6c5c(c4)n7-c4ccccn4)c3c2)c2ccccc21. The van der Waals surface area contributed by atoms with Gasteiger partial charge in [0.2, 0.25) is 0 Å². The van der Waals surface area contributed by atoms with E-state index in [1.807, 2.05) is 12.3 Å². The summed E-state index contributed by atoms with van der Waals surface area (Å²) in [7, 11) is 2.16. The van der Waals surface area contributed by atoms with Gasteiger partial charge in [-0.05, 0) is 71.4 Å². The van der Waals surface area contributed by atoms with Gasteiger partial charge in [-0.15, -0.1) is 0 Å². The van der Waals surface area contributed by atoms with Crippen molar-refractivity contribution >= 4 is 71.4 Å². The zero-order valence-corrected chi connectivity index (χ0v) is 24.1. The van der Waals surface area contributed by atoms with Crippen molar-refractivity contribution in [2.45, 2.75) is 0 Å². The average Bonchev–Trinajstić information content (AvgIpc) is 3.71. The van der Waals surface area contributed by atoms with Crippen molar-refractivity contribution in [3.63, 3.8) is 0 Å². The highest BCUT2D eigenvalue weighted by molar-refractivity contribution is 6.25. The number of hydrogen-bond acceptors (Lipinski definition) is 3. The molecule has 0 fully saturated rings. The van der Waals surface area contributed by atoms with Crippen molar-refractivity contribution in [1.29, 1.82) is 0 Å². The summed E-state index contributed by atoms with van der Waals surface area (Å²) in [6, 6.07) is 46.3. The van der Waals surface area contributed by atoms with E-state index in [2.05, 4.69) is 147 Å². The van der Waals surface area contributed by atoms with Crippen molar-refractivity contribution in [1.82, 2.24) is 14.1 Å². The lowest BCUT2D eigenvalue weighted by Crippen LogP contribution is -2.23. The molecule has 0 bridgehead atoms. The fraction of sp³-hybridized carbons (Fsp3) is 0.0513. The predicted octanol–water partition coefficient (Wildman–Crippen LogP) is 9.41. The minimum atomic E-state index is 0.818. The maximum absolute atomic E-state index is 4.80. The Balaban J connectivity index is 1.29. The zero-order valence-electron chi connectivity index (χ0n) is 24.1. The highest BCUT2D eigenvalue weighted by Gasteiger charge is 2.25. The molecule has 0 aliphatic carbocycles. The van der Waals surface area contributed by atoms with Crippen molar-refractivity contribution in [3.8, 4) is 11.5 Å². The van der Waals surface area contributed by atoms with Crippen LogP contribution in [0, 0.1) is 0 Å². The van der Waals surface area contributed by atoms with Crippen LogP contribution < -0.4 is 9.80 Å². The van der Waals surface area contributed by atoms with Gasteiger partial charge in [-0.25, -0.2) is 4.98 Å². The molecule has 6 aromatic carbocycles. The Morgan fingerprint density at radius 3 is 2.18 bits per heavy atom. The smallest absolute Gasteiger partial charge is 0.137 e. The summed E-state index contributed by atoms with van der Waals surface area (Å²) in [5.74, 6) is 0.927. The van der Waals surface area contributed by atoms with Crippen molar-refractivity contribution < 1.29 is 0 Å². The fourth-order valence-electron chi connectivity index (χ4n) is 7.55. The highest BCUT2D eigenvalue weighted by atomic mass is 15.4. The number of nitrogens with zero attached hydrogens (tertiary/aromatic N) is 5. The van der Waals surface area contributed by atoms with Gasteiger partial charge in [-0.3, -0.25) is 4.57 Å². The predicted molar refractivity (Wildman–Crippen MR) is 183 cm³/mol. The van der Waals surface area contributed by atoms with E-state index in [1.54, 1.807) is 0 Å². The minimum absolute atomic E-state index is 0.818. The topological polar surface area (TPSA) is 29.2 Å². The second kappa shape index (κ2) is 8.62. The Hall–Kier alpha value is -5.81. The molecule has 0 N–H and O–H groups in total. The van der Waals surface area contributed by atoms with E-state index in [0.717, 1.165) is 18.2 Å². The molecule has 0 radical (unpaired) electrons. The molecule has 208 valence electrons. The molecule has 1 aliphatic heterocycles. The first-order valence-electron chi connectivity index (χ1n) is 15.1. The van der Waals surface area contributed by atoms with E-state index >= 15 is 0 Å². The van der Waals surface area contributed by atoms with Crippen LogP contribution in [0.1, 0.15) is 0 Å². The summed E-state index contributed by atoms with van der Waals surface area (Å²) in [4.78, 5) is 9.52. The minimum Gasteiger partial charge on any atom is -0.355 e. The van der Waals surface area contributed by atoms with Crippen LogP contribution in [0.4, 0.5) is 17.1 Å². The molecule has 1 aliphatic rings. The lowest BCUT2D eigenvalue weighted by molar-refractivity contribution is 0.950. The molecule has 0 unspecified atom stereocenters. The van der Waals surface area contributed by atoms with Gasteiger partial charge < -0.3 is 14.4 Å². The maximum Gasteiger partial charge on any atom is 0.137 e. The van der Waals surface area contributed by atoms with Crippen LogP contribution in [0.15, 0.2) is 134 Å². The van der Waals surface area contributed by atoms with Gasteiger partial charge >= 0.3 is 0 Å². The molecule has 5 nitrogen and oxygen atoms in total. The number of rotatable bonds is 3. The van der Waals surface area contributed by atoms with Crippen LogP contribution in [-0.4, -0.2) is 27.8 Å². The van der Waals surface area contributed by atoms with Crippen LogP contribution in [0.2, 0.25) is 0 Å².